The van der Waals surface area contributed by atoms with Gasteiger partial charge in [-0.2, -0.15) is 5.26 Å². The van der Waals surface area contributed by atoms with Gasteiger partial charge in [-0.3, -0.25) is 9.69 Å². The first-order valence-electron chi connectivity index (χ1n) is 8.12. The molecule has 0 spiro atoms. The highest BCUT2D eigenvalue weighted by Crippen LogP contribution is 2.24. The maximum absolute atomic E-state index is 12.3. The molecule has 2 aliphatic heterocycles. The van der Waals surface area contributed by atoms with Crippen LogP contribution in [0.3, 0.4) is 0 Å². The molecule has 0 aliphatic carbocycles. The fourth-order valence-electron chi connectivity index (χ4n) is 2.94. The lowest BCUT2D eigenvalue weighted by Crippen LogP contribution is -2.53. The second kappa shape index (κ2) is 7.40. The average molecular weight is 309 g/mol. The van der Waals surface area contributed by atoms with Crippen molar-refractivity contribution in [1.82, 2.24) is 10.2 Å². The quantitative estimate of drug-likeness (QED) is 0.824. The third kappa shape index (κ3) is 4.19. The highest BCUT2D eigenvalue weighted by molar-refractivity contribution is 5.79. The van der Waals surface area contributed by atoms with Gasteiger partial charge in [-0.25, -0.2) is 0 Å². The fraction of sp³-hybridized carbons (Fsp3) is 0.875. The second-order valence-electron chi connectivity index (χ2n) is 6.76. The van der Waals surface area contributed by atoms with Crippen LogP contribution in [0, 0.1) is 23.2 Å². The molecule has 0 bridgehead atoms. The Morgan fingerprint density at radius 3 is 2.73 bits per heavy atom. The van der Waals surface area contributed by atoms with E-state index in [9.17, 15) is 10.1 Å². The van der Waals surface area contributed by atoms with Gasteiger partial charge in [-0.15, -0.1) is 0 Å². The first-order valence-corrected chi connectivity index (χ1v) is 8.12. The zero-order valence-corrected chi connectivity index (χ0v) is 13.8. The molecule has 2 aliphatic rings. The van der Waals surface area contributed by atoms with Crippen LogP contribution in [-0.4, -0.2) is 55.5 Å². The Labute approximate surface area is 132 Å². The van der Waals surface area contributed by atoms with E-state index in [2.05, 4.69) is 16.3 Å². The van der Waals surface area contributed by atoms with Gasteiger partial charge in [-0.05, 0) is 32.2 Å². The topological polar surface area (TPSA) is 74.6 Å². The molecule has 0 saturated carbocycles. The summed E-state index contributed by atoms with van der Waals surface area (Å²) in [4.78, 5) is 14.4. The number of nitriles is 1. The molecule has 1 N–H and O–H groups in total. The molecule has 2 fully saturated rings. The normalized spacial score (nSPS) is 26.6. The molecule has 124 valence electrons. The number of amides is 1. The van der Waals surface area contributed by atoms with Crippen molar-refractivity contribution in [2.75, 3.05) is 32.8 Å². The molecule has 6 nitrogen and oxygen atoms in total. The number of piperidine rings is 1. The molecule has 2 unspecified atom stereocenters. The molecule has 2 atom stereocenters. The first kappa shape index (κ1) is 17.2. The minimum atomic E-state index is -0.816. The van der Waals surface area contributed by atoms with Crippen molar-refractivity contribution in [2.24, 2.45) is 11.8 Å². The fourth-order valence-corrected chi connectivity index (χ4v) is 2.94. The highest BCUT2D eigenvalue weighted by Gasteiger charge is 2.33. The molecular weight excluding hydrogens is 282 g/mol. The molecule has 0 aromatic carbocycles. The van der Waals surface area contributed by atoms with Crippen LogP contribution >= 0.6 is 0 Å². The van der Waals surface area contributed by atoms with Gasteiger partial charge in [0.25, 0.3) is 0 Å². The number of ether oxygens (including phenoxy) is 2. The van der Waals surface area contributed by atoms with Crippen molar-refractivity contribution in [3.8, 4) is 6.07 Å². The molecule has 0 aromatic rings. The Bertz CT molecular complexity index is 429. The van der Waals surface area contributed by atoms with Crippen LogP contribution in [0.4, 0.5) is 0 Å². The van der Waals surface area contributed by atoms with Crippen LogP contribution in [0.25, 0.3) is 0 Å². The zero-order valence-electron chi connectivity index (χ0n) is 13.8. The van der Waals surface area contributed by atoms with Gasteiger partial charge in [0.15, 0.2) is 6.29 Å². The maximum atomic E-state index is 12.3. The molecule has 2 heterocycles. The van der Waals surface area contributed by atoms with Crippen LogP contribution in [0.2, 0.25) is 0 Å². The summed E-state index contributed by atoms with van der Waals surface area (Å²) in [7, 11) is 0. The van der Waals surface area contributed by atoms with Crippen LogP contribution in [0.5, 0.6) is 0 Å². The number of hydrogen-bond acceptors (Lipinski definition) is 5. The van der Waals surface area contributed by atoms with Crippen molar-refractivity contribution in [3.05, 3.63) is 0 Å². The number of likely N-dealkylation sites (tertiary alicyclic amines) is 1. The average Bonchev–Trinajstić information content (AvgIpc) is 3.01. The largest absolute Gasteiger partial charge is 0.350 e. The molecule has 2 saturated heterocycles. The molecule has 1 amide bonds. The van der Waals surface area contributed by atoms with Crippen LogP contribution in [0.15, 0.2) is 0 Å². The highest BCUT2D eigenvalue weighted by atomic mass is 16.7. The van der Waals surface area contributed by atoms with Crippen LogP contribution in [-0.2, 0) is 14.3 Å². The van der Waals surface area contributed by atoms with Gasteiger partial charge in [0.1, 0.15) is 5.54 Å². The lowest BCUT2D eigenvalue weighted by Gasteiger charge is -2.35. The van der Waals surface area contributed by atoms with Crippen molar-refractivity contribution in [2.45, 2.75) is 45.4 Å². The molecule has 0 aromatic heterocycles. The van der Waals surface area contributed by atoms with E-state index in [1.54, 1.807) is 6.92 Å². The molecule has 6 heteroatoms. The summed E-state index contributed by atoms with van der Waals surface area (Å²) in [5.41, 5.74) is -0.816. The van der Waals surface area contributed by atoms with Crippen molar-refractivity contribution in [1.29, 1.82) is 5.26 Å². The number of carbonyl (C=O) groups excluding carboxylic acids is 1. The summed E-state index contributed by atoms with van der Waals surface area (Å²) < 4.78 is 11.2. The van der Waals surface area contributed by atoms with Gasteiger partial charge in [0, 0.05) is 12.5 Å². The van der Waals surface area contributed by atoms with E-state index in [0.717, 1.165) is 25.9 Å². The summed E-state index contributed by atoms with van der Waals surface area (Å²) >= 11 is 0. The minimum absolute atomic E-state index is 0.0656. The molecule has 2 rings (SSSR count). The van der Waals surface area contributed by atoms with E-state index in [4.69, 9.17) is 9.47 Å². The lowest BCUT2D eigenvalue weighted by molar-refractivity contribution is -0.127. The van der Waals surface area contributed by atoms with Crippen molar-refractivity contribution < 1.29 is 14.3 Å². The Hall–Kier alpha value is -1.16. The van der Waals surface area contributed by atoms with Crippen LogP contribution in [0.1, 0.15) is 33.6 Å². The number of carbonyl (C=O) groups is 1. The third-order valence-electron chi connectivity index (χ3n) is 4.73. The summed E-state index contributed by atoms with van der Waals surface area (Å²) in [6, 6.07) is 2.21. The Morgan fingerprint density at radius 2 is 2.14 bits per heavy atom. The minimum Gasteiger partial charge on any atom is -0.350 e. The van der Waals surface area contributed by atoms with Crippen LogP contribution < -0.4 is 5.32 Å². The van der Waals surface area contributed by atoms with Crippen molar-refractivity contribution in [3.63, 3.8) is 0 Å². The summed E-state index contributed by atoms with van der Waals surface area (Å²) in [5.74, 6) is 0.305. The van der Waals surface area contributed by atoms with E-state index in [-0.39, 0.29) is 18.1 Å². The number of nitrogens with zero attached hydrogens (tertiary/aromatic N) is 2. The van der Waals surface area contributed by atoms with Gasteiger partial charge < -0.3 is 14.8 Å². The summed E-state index contributed by atoms with van der Waals surface area (Å²) in [5, 5.41) is 12.2. The van der Waals surface area contributed by atoms with E-state index < -0.39 is 5.54 Å². The van der Waals surface area contributed by atoms with Gasteiger partial charge in [-0.1, -0.05) is 13.8 Å². The number of hydrogen-bond donors (Lipinski definition) is 1. The smallest absolute Gasteiger partial charge is 0.235 e. The first-order chi connectivity index (χ1) is 10.4. The SMILES string of the molecule is CC(C)C(C)(C#N)NC(=O)CN1CCCC(C2OCCO2)C1. The summed E-state index contributed by atoms with van der Waals surface area (Å²) in [6.07, 6.45) is 2.00. The van der Waals surface area contributed by atoms with Gasteiger partial charge >= 0.3 is 0 Å². The Kier molecular flexibility index (Phi) is 5.79. The molecule has 0 radical (unpaired) electrons. The standard InChI is InChI=1S/C16H27N3O3/c1-12(2)16(3,11-17)18-14(20)10-19-6-4-5-13(9-19)15-21-7-8-22-15/h12-13,15H,4-10H2,1-3H3,(H,18,20). The molecular formula is C16H27N3O3. The Morgan fingerprint density at radius 1 is 1.45 bits per heavy atom. The van der Waals surface area contributed by atoms with Gasteiger partial charge in [0.05, 0.1) is 25.8 Å². The monoisotopic (exact) mass is 309 g/mol. The van der Waals surface area contributed by atoms with E-state index in [0.29, 0.717) is 25.7 Å². The van der Waals surface area contributed by atoms with Gasteiger partial charge in [0.2, 0.25) is 5.91 Å². The predicted molar refractivity (Wildman–Crippen MR) is 81.9 cm³/mol. The number of rotatable bonds is 5. The maximum Gasteiger partial charge on any atom is 0.235 e. The lowest BCUT2D eigenvalue weighted by atomic mass is 9.90. The predicted octanol–water partition coefficient (Wildman–Crippen LogP) is 1.13. The Balaban J connectivity index is 1.84. The molecule has 22 heavy (non-hydrogen) atoms. The third-order valence-corrected chi connectivity index (χ3v) is 4.73. The van der Waals surface area contributed by atoms with E-state index >= 15 is 0 Å². The van der Waals surface area contributed by atoms with E-state index in [1.165, 1.54) is 0 Å². The van der Waals surface area contributed by atoms with Crippen molar-refractivity contribution >= 4 is 5.91 Å². The summed E-state index contributed by atoms with van der Waals surface area (Å²) in [6.45, 7) is 9.02. The second-order valence-corrected chi connectivity index (χ2v) is 6.76. The number of nitrogens with one attached hydrogen (secondary N) is 1. The van der Waals surface area contributed by atoms with E-state index in [1.807, 2.05) is 13.8 Å². The zero-order chi connectivity index (χ0) is 16.2.